The Morgan fingerprint density at radius 1 is 1.04 bits per heavy atom. The maximum Gasteiger partial charge on any atom is 0.246 e. The quantitative estimate of drug-likeness (QED) is 0.489. The van der Waals surface area contributed by atoms with Crippen molar-refractivity contribution < 1.29 is 29.9 Å². The summed E-state index contributed by atoms with van der Waals surface area (Å²) in [5, 5.41) is 41.3. The van der Waals surface area contributed by atoms with Gasteiger partial charge in [0.2, 0.25) is 17.1 Å². The Morgan fingerprint density at radius 3 is 2.43 bits per heavy atom. The van der Waals surface area contributed by atoms with E-state index >= 15 is 0 Å². The molecule has 1 saturated heterocycles. The topological polar surface area (TPSA) is 104 Å². The van der Waals surface area contributed by atoms with Gasteiger partial charge in [-0.05, 0) is 29.7 Å². The number of hydrogen-bond acceptors (Lipinski definition) is 6. The lowest BCUT2D eigenvalue weighted by Gasteiger charge is -2.51. The number of fused-ring (bicyclic) bond motifs is 1. The number of halogens is 1. The van der Waals surface area contributed by atoms with Crippen LogP contribution < -0.4 is 4.74 Å². The molecular formula is C20H20ClNO6. The van der Waals surface area contributed by atoms with E-state index in [-0.39, 0.29) is 0 Å². The van der Waals surface area contributed by atoms with Crippen molar-refractivity contribution in [2.75, 3.05) is 6.61 Å². The largest absolute Gasteiger partial charge is 0.460 e. The fourth-order valence-corrected chi connectivity index (χ4v) is 3.80. The number of ether oxygens (including phenoxy) is 2. The Hall–Kier alpha value is -2.13. The number of aliphatic hydroxyl groups excluding tert-OH is 2. The second kappa shape index (κ2) is 7.04. The van der Waals surface area contributed by atoms with E-state index in [0.29, 0.717) is 11.3 Å². The van der Waals surface area contributed by atoms with Crippen LogP contribution in [0.4, 0.5) is 0 Å². The summed E-state index contributed by atoms with van der Waals surface area (Å²) < 4.78 is 12.5. The van der Waals surface area contributed by atoms with Gasteiger partial charge in [-0.15, -0.1) is 0 Å². The van der Waals surface area contributed by atoms with Gasteiger partial charge < -0.3 is 34.5 Å². The average Bonchev–Trinajstić information content (AvgIpc) is 3.14. The van der Waals surface area contributed by atoms with Crippen molar-refractivity contribution in [2.45, 2.75) is 29.3 Å². The molecule has 1 fully saturated rings. The SMILES string of the molecule is OC[C@H]1O[C@H](Oc2ccccc2)[C@](O)(Cl)[C@@H](O)[C@@]1(O)n1ccc2ccccc21. The number of benzene rings is 2. The first-order valence-corrected chi connectivity index (χ1v) is 9.13. The lowest BCUT2D eigenvalue weighted by atomic mass is 9.91. The molecule has 28 heavy (non-hydrogen) atoms. The van der Waals surface area contributed by atoms with Crippen LogP contribution in [0.25, 0.3) is 10.9 Å². The van der Waals surface area contributed by atoms with Crippen molar-refractivity contribution in [3.63, 3.8) is 0 Å². The number of para-hydroxylation sites is 2. The lowest BCUT2D eigenvalue weighted by Crippen LogP contribution is -2.72. The number of aliphatic hydroxyl groups is 4. The summed E-state index contributed by atoms with van der Waals surface area (Å²) in [6, 6.07) is 17.3. The van der Waals surface area contributed by atoms with E-state index in [0.717, 1.165) is 5.39 Å². The molecule has 4 rings (SSSR count). The molecule has 0 radical (unpaired) electrons. The Balaban J connectivity index is 1.75. The Kier molecular flexibility index (Phi) is 4.83. The van der Waals surface area contributed by atoms with E-state index in [1.807, 2.05) is 12.1 Å². The molecule has 0 spiro atoms. The van der Waals surface area contributed by atoms with Gasteiger partial charge in [0, 0.05) is 6.20 Å². The van der Waals surface area contributed by atoms with Crippen molar-refractivity contribution in [3.8, 4) is 5.75 Å². The van der Waals surface area contributed by atoms with Gasteiger partial charge >= 0.3 is 0 Å². The first-order chi connectivity index (χ1) is 13.4. The summed E-state index contributed by atoms with van der Waals surface area (Å²) >= 11 is 6.21. The van der Waals surface area contributed by atoms with Crippen LogP contribution in [0.2, 0.25) is 0 Å². The molecule has 8 heteroatoms. The molecule has 0 amide bonds. The summed E-state index contributed by atoms with van der Waals surface area (Å²) in [5.74, 6) is 0.340. The predicted octanol–water partition coefficient (Wildman–Crippen LogP) is 1.37. The molecule has 2 heterocycles. The standard InChI is InChI=1S/C20H20ClNO6/c21-19(25)17(24)20(26,22-11-10-13-6-4-5-9-15(13)22)16(12-23)28-18(19)27-14-7-2-1-3-8-14/h1-11,16-18,23-26H,12H2/t16-,17-,18+,19+,20-/m1/s1. The lowest BCUT2D eigenvalue weighted by molar-refractivity contribution is -0.352. The molecule has 148 valence electrons. The molecular weight excluding hydrogens is 386 g/mol. The van der Waals surface area contributed by atoms with Crippen LogP contribution in [0, 0.1) is 0 Å². The minimum Gasteiger partial charge on any atom is -0.460 e. The number of hydrogen-bond donors (Lipinski definition) is 4. The van der Waals surface area contributed by atoms with Crippen LogP contribution in [0.1, 0.15) is 0 Å². The molecule has 1 aliphatic rings. The van der Waals surface area contributed by atoms with Crippen molar-refractivity contribution in [2.24, 2.45) is 0 Å². The van der Waals surface area contributed by atoms with Crippen molar-refractivity contribution in [1.82, 2.24) is 4.57 Å². The van der Waals surface area contributed by atoms with Gasteiger partial charge in [0.1, 0.15) is 11.9 Å². The summed E-state index contributed by atoms with van der Waals surface area (Å²) in [6.45, 7) is -0.651. The monoisotopic (exact) mass is 405 g/mol. The maximum absolute atomic E-state index is 11.4. The van der Waals surface area contributed by atoms with Crippen LogP contribution in [0.3, 0.4) is 0 Å². The molecule has 3 aromatic rings. The third kappa shape index (κ3) is 2.88. The molecule has 7 nitrogen and oxygen atoms in total. The minimum atomic E-state index is -2.50. The van der Waals surface area contributed by atoms with Crippen LogP contribution >= 0.6 is 11.6 Å². The van der Waals surface area contributed by atoms with Gasteiger partial charge in [0.25, 0.3) is 0 Å². The fourth-order valence-electron chi connectivity index (χ4n) is 3.54. The summed E-state index contributed by atoms with van der Waals surface area (Å²) in [7, 11) is 0. The number of nitrogens with zero attached hydrogens (tertiary/aromatic N) is 1. The van der Waals surface area contributed by atoms with Gasteiger partial charge in [-0.25, -0.2) is 0 Å². The summed E-state index contributed by atoms with van der Waals surface area (Å²) in [4.78, 5) is 0. The van der Waals surface area contributed by atoms with Crippen LogP contribution in [0.5, 0.6) is 5.75 Å². The maximum atomic E-state index is 11.4. The molecule has 2 aromatic carbocycles. The van der Waals surface area contributed by atoms with Gasteiger partial charge in [0.05, 0.1) is 12.1 Å². The molecule has 4 N–H and O–H groups in total. The normalized spacial score (nSPS) is 33.1. The molecule has 5 atom stereocenters. The van der Waals surface area contributed by atoms with Crippen LogP contribution in [0.15, 0.2) is 66.9 Å². The number of aromatic nitrogens is 1. The first-order valence-electron chi connectivity index (χ1n) is 8.75. The molecule has 0 unspecified atom stereocenters. The second-order valence-electron chi connectivity index (χ2n) is 6.73. The summed E-state index contributed by atoms with van der Waals surface area (Å²) in [5.41, 5.74) is -1.67. The average molecular weight is 406 g/mol. The summed E-state index contributed by atoms with van der Waals surface area (Å²) in [6.07, 6.45) is -3.28. The zero-order valence-corrected chi connectivity index (χ0v) is 15.5. The van der Waals surface area contributed by atoms with E-state index < -0.39 is 35.9 Å². The van der Waals surface area contributed by atoms with E-state index in [4.69, 9.17) is 21.1 Å². The van der Waals surface area contributed by atoms with E-state index in [9.17, 15) is 20.4 Å². The van der Waals surface area contributed by atoms with Gasteiger partial charge in [-0.2, -0.15) is 0 Å². The highest BCUT2D eigenvalue weighted by Crippen LogP contribution is 2.43. The fraction of sp³-hybridized carbons (Fsp3) is 0.300. The minimum absolute atomic E-state index is 0.340. The van der Waals surface area contributed by atoms with E-state index in [1.54, 1.807) is 48.5 Å². The Morgan fingerprint density at radius 2 is 1.71 bits per heavy atom. The van der Waals surface area contributed by atoms with Gasteiger partial charge in [-0.3, -0.25) is 0 Å². The molecule has 0 bridgehead atoms. The van der Waals surface area contributed by atoms with Crippen LogP contribution in [-0.4, -0.2) is 55.2 Å². The predicted molar refractivity (Wildman–Crippen MR) is 102 cm³/mol. The Bertz CT molecular complexity index is 961. The van der Waals surface area contributed by atoms with Crippen LogP contribution in [-0.2, 0) is 10.5 Å². The highest BCUT2D eigenvalue weighted by Gasteiger charge is 2.64. The van der Waals surface area contributed by atoms with E-state index in [1.165, 1.54) is 10.8 Å². The third-order valence-electron chi connectivity index (χ3n) is 5.02. The third-order valence-corrected chi connectivity index (χ3v) is 5.40. The van der Waals surface area contributed by atoms with Gasteiger partial charge in [0.15, 0.2) is 6.10 Å². The highest BCUT2D eigenvalue weighted by atomic mass is 35.5. The molecule has 0 aliphatic carbocycles. The smallest absolute Gasteiger partial charge is 0.246 e. The number of alkyl halides is 1. The highest BCUT2D eigenvalue weighted by molar-refractivity contribution is 6.23. The zero-order chi connectivity index (χ0) is 19.9. The van der Waals surface area contributed by atoms with Gasteiger partial charge in [-0.1, -0.05) is 48.0 Å². The molecule has 1 aromatic heterocycles. The van der Waals surface area contributed by atoms with Crippen molar-refractivity contribution in [3.05, 3.63) is 66.9 Å². The second-order valence-corrected chi connectivity index (χ2v) is 7.33. The number of rotatable bonds is 4. The zero-order valence-electron chi connectivity index (χ0n) is 14.7. The van der Waals surface area contributed by atoms with E-state index in [2.05, 4.69) is 0 Å². The first kappa shape index (κ1) is 19.2. The molecule has 0 saturated carbocycles. The van der Waals surface area contributed by atoms with Crippen molar-refractivity contribution >= 4 is 22.5 Å². The Labute approximate surface area is 165 Å². The van der Waals surface area contributed by atoms with Crippen molar-refractivity contribution in [1.29, 1.82) is 0 Å². The molecule has 1 aliphatic heterocycles.